The quantitative estimate of drug-likeness (QED) is 0.908. The lowest BCUT2D eigenvalue weighted by Crippen LogP contribution is -2.35. The van der Waals surface area contributed by atoms with Crippen LogP contribution < -0.4 is 5.32 Å². The van der Waals surface area contributed by atoms with E-state index in [2.05, 4.69) is 44.6 Å². The number of rotatable bonds is 4. The first kappa shape index (κ1) is 14.5. The van der Waals surface area contributed by atoms with Gasteiger partial charge in [-0.1, -0.05) is 0 Å². The van der Waals surface area contributed by atoms with Gasteiger partial charge in [0.2, 0.25) is 0 Å². The first-order chi connectivity index (χ1) is 8.87. The molecule has 0 radical (unpaired) electrons. The molecule has 0 bridgehead atoms. The zero-order chi connectivity index (χ0) is 14.0. The van der Waals surface area contributed by atoms with E-state index in [0.717, 1.165) is 38.4 Å². The molecule has 0 saturated carbocycles. The molecule has 0 aromatic carbocycles. The molecule has 1 N–H and O–H groups in total. The Hall–Kier alpha value is -0.870. The Morgan fingerprint density at radius 1 is 1.37 bits per heavy atom. The van der Waals surface area contributed by atoms with Gasteiger partial charge in [0.25, 0.3) is 0 Å². The summed E-state index contributed by atoms with van der Waals surface area (Å²) in [5.74, 6) is 0.626. The summed E-state index contributed by atoms with van der Waals surface area (Å²) in [7, 11) is 0. The van der Waals surface area contributed by atoms with Gasteiger partial charge in [0, 0.05) is 42.4 Å². The van der Waals surface area contributed by atoms with E-state index in [9.17, 15) is 0 Å². The first-order valence-electron chi connectivity index (χ1n) is 7.22. The minimum Gasteiger partial charge on any atom is -0.381 e. The number of nitrogens with zero attached hydrogens (tertiary/aromatic N) is 2. The molecular formula is C15H27N3O. The molecule has 4 nitrogen and oxygen atoms in total. The predicted octanol–water partition coefficient (Wildman–Crippen LogP) is 2.42. The minimum absolute atomic E-state index is 0.139. The van der Waals surface area contributed by atoms with Crippen molar-refractivity contribution in [3.8, 4) is 0 Å². The standard InChI is InChI=1S/C15H27N3O/c1-11-14(8-16-15(3,4)5)12(2)18(17-11)9-13-6-7-19-10-13/h13,16H,6-10H2,1-5H3. The first-order valence-corrected chi connectivity index (χ1v) is 7.22. The summed E-state index contributed by atoms with van der Waals surface area (Å²) >= 11 is 0. The number of hydrogen-bond donors (Lipinski definition) is 1. The summed E-state index contributed by atoms with van der Waals surface area (Å²) in [5.41, 5.74) is 3.92. The van der Waals surface area contributed by atoms with E-state index < -0.39 is 0 Å². The summed E-state index contributed by atoms with van der Waals surface area (Å²) in [6.07, 6.45) is 1.16. The van der Waals surface area contributed by atoms with Crippen LogP contribution in [0.2, 0.25) is 0 Å². The molecule has 2 heterocycles. The maximum absolute atomic E-state index is 5.44. The Morgan fingerprint density at radius 3 is 2.68 bits per heavy atom. The minimum atomic E-state index is 0.139. The van der Waals surface area contributed by atoms with Gasteiger partial charge >= 0.3 is 0 Å². The molecule has 4 heteroatoms. The summed E-state index contributed by atoms with van der Waals surface area (Å²) < 4.78 is 7.61. The average Bonchev–Trinajstić information content (AvgIpc) is 2.87. The number of aromatic nitrogens is 2. The van der Waals surface area contributed by atoms with E-state index in [-0.39, 0.29) is 5.54 Å². The molecule has 0 aliphatic carbocycles. The van der Waals surface area contributed by atoms with Crippen LogP contribution in [-0.4, -0.2) is 28.5 Å². The Bertz CT molecular complexity index is 425. The van der Waals surface area contributed by atoms with E-state index in [1.54, 1.807) is 0 Å². The summed E-state index contributed by atoms with van der Waals surface area (Å²) in [5, 5.41) is 8.24. The van der Waals surface area contributed by atoms with E-state index in [1.165, 1.54) is 11.3 Å². The number of ether oxygens (including phenoxy) is 1. The van der Waals surface area contributed by atoms with Crippen LogP contribution in [0, 0.1) is 19.8 Å². The number of hydrogen-bond acceptors (Lipinski definition) is 3. The van der Waals surface area contributed by atoms with E-state index in [1.807, 2.05) is 0 Å². The van der Waals surface area contributed by atoms with Crippen molar-refractivity contribution in [1.82, 2.24) is 15.1 Å². The van der Waals surface area contributed by atoms with Crippen molar-refractivity contribution < 1.29 is 4.74 Å². The van der Waals surface area contributed by atoms with Gasteiger partial charge in [-0.15, -0.1) is 0 Å². The van der Waals surface area contributed by atoms with Crippen LogP contribution in [0.3, 0.4) is 0 Å². The molecule has 0 amide bonds. The second kappa shape index (κ2) is 5.63. The molecule has 108 valence electrons. The van der Waals surface area contributed by atoms with Gasteiger partial charge < -0.3 is 10.1 Å². The van der Waals surface area contributed by atoms with Gasteiger partial charge in [-0.05, 0) is 41.0 Å². The molecule has 1 unspecified atom stereocenters. The molecule has 1 aromatic rings. The van der Waals surface area contributed by atoms with Gasteiger partial charge in [0.05, 0.1) is 12.3 Å². The summed E-state index contributed by atoms with van der Waals surface area (Å²) in [6, 6.07) is 0. The molecule has 1 aliphatic rings. The SMILES string of the molecule is Cc1nn(CC2CCOC2)c(C)c1CNC(C)(C)C. The van der Waals surface area contributed by atoms with Crippen molar-refractivity contribution in [2.45, 2.75) is 59.7 Å². The fourth-order valence-electron chi connectivity index (χ4n) is 2.49. The highest BCUT2D eigenvalue weighted by molar-refractivity contribution is 5.24. The molecule has 1 aromatic heterocycles. The number of nitrogens with one attached hydrogen (secondary N) is 1. The fraction of sp³-hybridized carbons (Fsp3) is 0.800. The lowest BCUT2D eigenvalue weighted by molar-refractivity contribution is 0.181. The van der Waals surface area contributed by atoms with Gasteiger partial charge in [-0.2, -0.15) is 5.10 Å². The second-order valence-electron chi connectivity index (χ2n) is 6.66. The third-order valence-corrected chi connectivity index (χ3v) is 3.78. The predicted molar refractivity (Wildman–Crippen MR) is 77.2 cm³/mol. The largest absolute Gasteiger partial charge is 0.381 e. The zero-order valence-corrected chi connectivity index (χ0v) is 12.9. The highest BCUT2D eigenvalue weighted by Crippen LogP contribution is 2.19. The van der Waals surface area contributed by atoms with Gasteiger partial charge in [0.1, 0.15) is 0 Å². The van der Waals surface area contributed by atoms with Crippen molar-refractivity contribution in [1.29, 1.82) is 0 Å². The maximum Gasteiger partial charge on any atom is 0.0641 e. The summed E-state index contributed by atoms with van der Waals surface area (Å²) in [6.45, 7) is 14.5. The highest BCUT2D eigenvalue weighted by atomic mass is 16.5. The Kier molecular flexibility index (Phi) is 4.31. The second-order valence-corrected chi connectivity index (χ2v) is 6.66. The average molecular weight is 265 g/mol. The summed E-state index contributed by atoms with van der Waals surface area (Å²) in [4.78, 5) is 0. The molecule has 0 spiro atoms. The molecular weight excluding hydrogens is 238 g/mol. The van der Waals surface area contributed by atoms with Crippen LogP contribution >= 0.6 is 0 Å². The lowest BCUT2D eigenvalue weighted by Gasteiger charge is -2.20. The monoisotopic (exact) mass is 265 g/mol. The van der Waals surface area contributed by atoms with E-state index in [4.69, 9.17) is 9.84 Å². The molecule has 1 atom stereocenters. The molecule has 1 fully saturated rings. The third kappa shape index (κ3) is 3.80. The van der Waals surface area contributed by atoms with Crippen molar-refractivity contribution in [2.24, 2.45) is 5.92 Å². The molecule has 1 saturated heterocycles. The Balaban J connectivity index is 2.05. The lowest BCUT2D eigenvalue weighted by atomic mass is 10.1. The fourth-order valence-corrected chi connectivity index (χ4v) is 2.49. The van der Waals surface area contributed by atoms with Crippen LogP contribution in [-0.2, 0) is 17.8 Å². The molecule has 2 rings (SSSR count). The Labute approximate surface area is 116 Å². The van der Waals surface area contributed by atoms with Crippen molar-refractivity contribution in [2.75, 3.05) is 13.2 Å². The van der Waals surface area contributed by atoms with Crippen molar-refractivity contribution in [3.05, 3.63) is 17.0 Å². The van der Waals surface area contributed by atoms with Crippen molar-refractivity contribution >= 4 is 0 Å². The highest BCUT2D eigenvalue weighted by Gasteiger charge is 2.20. The van der Waals surface area contributed by atoms with Crippen molar-refractivity contribution in [3.63, 3.8) is 0 Å². The molecule has 1 aliphatic heterocycles. The Morgan fingerprint density at radius 2 is 2.11 bits per heavy atom. The van der Waals surface area contributed by atoms with Gasteiger partial charge in [-0.25, -0.2) is 0 Å². The van der Waals surface area contributed by atoms with Gasteiger partial charge in [-0.3, -0.25) is 4.68 Å². The topological polar surface area (TPSA) is 39.1 Å². The smallest absolute Gasteiger partial charge is 0.0641 e. The van der Waals surface area contributed by atoms with Crippen LogP contribution in [0.1, 0.15) is 44.1 Å². The van der Waals surface area contributed by atoms with Crippen LogP contribution in [0.4, 0.5) is 0 Å². The van der Waals surface area contributed by atoms with Gasteiger partial charge in [0.15, 0.2) is 0 Å². The third-order valence-electron chi connectivity index (χ3n) is 3.78. The normalized spacial score (nSPS) is 20.2. The van der Waals surface area contributed by atoms with Crippen LogP contribution in [0.5, 0.6) is 0 Å². The van der Waals surface area contributed by atoms with Crippen LogP contribution in [0.15, 0.2) is 0 Å². The van der Waals surface area contributed by atoms with Crippen LogP contribution in [0.25, 0.3) is 0 Å². The molecule has 19 heavy (non-hydrogen) atoms. The number of aryl methyl sites for hydroxylation is 1. The van der Waals surface area contributed by atoms with E-state index in [0.29, 0.717) is 5.92 Å². The zero-order valence-electron chi connectivity index (χ0n) is 12.9. The van der Waals surface area contributed by atoms with E-state index >= 15 is 0 Å². The maximum atomic E-state index is 5.44.